The van der Waals surface area contributed by atoms with Gasteiger partial charge in [0.2, 0.25) is 5.91 Å². The van der Waals surface area contributed by atoms with Crippen LogP contribution in [0.1, 0.15) is 19.8 Å². The van der Waals surface area contributed by atoms with Crippen LogP contribution in [0.4, 0.5) is 0 Å². The van der Waals surface area contributed by atoms with Crippen LogP contribution >= 0.6 is 15.9 Å². The Balaban J connectivity index is 2.67. The van der Waals surface area contributed by atoms with Gasteiger partial charge in [-0.25, -0.2) is 0 Å². The molecule has 0 aromatic carbocycles. The topological polar surface area (TPSA) is 42.3 Å². The van der Waals surface area contributed by atoms with E-state index >= 15 is 0 Å². The number of rotatable bonds is 5. The van der Waals surface area contributed by atoms with Crippen LogP contribution in [-0.4, -0.2) is 29.0 Å². The lowest BCUT2D eigenvalue weighted by Gasteiger charge is -2.17. The third-order valence-electron chi connectivity index (χ3n) is 2.53. The second-order valence-corrected chi connectivity index (χ2v) is 4.90. The quantitative estimate of drug-likeness (QED) is 0.833. The molecule has 17 heavy (non-hydrogen) atoms. The molecule has 0 aliphatic rings. The number of aromatic nitrogens is 1. The summed E-state index contributed by atoms with van der Waals surface area (Å²) in [5, 5.41) is 0. The molecule has 1 rings (SSSR count). The fraction of sp³-hybridized carbons (Fsp3) is 0.500. The number of likely N-dealkylation sites (N-methyl/N-ethyl adjacent to an activating group) is 1. The normalized spacial score (nSPS) is 10.3. The van der Waals surface area contributed by atoms with Crippen molar-refractivity contribution in [3.05, 3.63) is 33.2 Å². The lowest BCUT2D eigenvalue weighted by Crippen LogP contribution is -2.34. The van der Waals surface area contributed by atoms with Gasteiger partial charge in [-0.1, -0.05) is 13.3 Å². The maximum atomic E-state index is 11.8. The Morgan fingerprint density at radius 3 is 2.82 bits per heavy atom. The Hall–Kier alpha value is -1.10. The van der Waals surface area contributed by atoms with Crippen LogP contribution in [-0.2, 0) is 11.3 Å². The number of hydrogen-bond acceptors (Lipinski definition) is 2. The first kappa shape index (κ1) is 14.0. The molecule has 0 bridgehead atoms. The van der Waals surface area contributed by atoms with Gasteiger partial charge in [-0.2, -0.15) is 0 Å². The second-order valence-electron chi connectivity index (χ2n) is 3.98. The minimum Gasteiger partial charge on any atom is -0.344 e. The number of carbonyl (C=O) groups excluding carboxylic acids is 1. The van der Waals surface area contributed by atoms with Gasteiger partial charge in [0.25, 0.3) is 5.56 Å². The molecule has 0 N–H and O–H groups in total. The molecule has 0 aliphatic carbocycles. The molecule has 0 fully saturated rings. The summed E-state index contributed by atoms with van der Waals surface area (Å²) in [5.41, 5.74) is -0.162. The lowest BCUT2D eigenvalue weighted by atomic mass is 10.3. The largest absolute Gasteiger partial charge is 0.344 e. The van der Waals surface area contributed by atoms with Crippen LogP contribution in [0.15, 0.2) is 27.6 Å². The summed E-state index contributed by atoms with van der Waals surface area (Å²) >= 11 is 3.28. The van der Waals surface area contributed by atoms with Crippen LogP contribution in [0.2, 0.25) is 0 Å². The van der Waals surface area contributed by atoms with Gasteiger partial charge in [0.1, 0.15) is 6.54 Å². The predicted molar refractivity (Wildman–Crippen MR) is 70.9 cm³/mol. The van der Waals surface area contributed by atoms with Crippen molar-refractivity contribution in [1.82, 2.24) is 9.47 Å². The summed E-state index contributed by atoms with van der Waals surface area (Å²) in [6, 6.07) is 3.12. The van der Waals surface area contributed by atoms with Crippen molar-refractivity contribution in [2.24, 2.45) is 0 Å². The predicted octanol–water partition coefficient (Wildman–Crippen LogP) is 1.87. The van der Waals surface area contributed by atoms with Gasteiger partial charge in [-0.3, -0.25) is 9.59 Å². The number of amides is 1. The van der Waals surface area contributed by atoms with Crippen LogP contribution in [0.25, 0.3) is 0 Å². The van der Waals surface area contributed by atoms with Crippen LogP contribution in [0.3, 0.4) is 0 Å². The first-order valence-electron chi connectivity index (χ1n) is 5.64. The molecule has 1 aromatic rings. The fourth-order valence-corrected chi connectivity index (χ4v) is 1.79. The van der Waals surface area contributed by atoms with E-state index in [1.807, 2.05) is 0 Å². The molecule has 4 nitrogen and oxygen atoms in total. The summed E-state index contributed by atoms with van der Waals surface area (Å²) in [4.78, 5) is 25.0. The maximum absolute atomic E-state index is 11.8. The van der Waals surface area contributed by atoms with E-state index in [2.05, 4.69) is 22.9 Å². The lowest BCUT2D eigenvalue weighted by molar-refractivity contribution is -0.130. The molecular weight excluding hydrogens is 284 g/mol. The van der Waals surface area contributed by atoms with Gasteiger partial charge >= 0.3 is 0 Å². The van der Waals surface area contributed by atoms with Crippen LogP contribution in [0.5, 0.6) is 0 Å². The Morgan fingerprint density at radius 1 is 1.47 bits per heavy atom. The van der Waals surface area contributed by atoms with E-state index in [-0.39, 0.29) is 18.0 Å². The van der Waals surface area contributed by atoms with Gasteiger partial charge in [0.15, 0.2) is 0 Å². The van der Waals surface area contributed by atoms with Crippen LogP contribution in [0, 0.1) is 0 Å². The molecule has 0 saturated heterocycles. The SMILES string of the molecule is CCCCN(C)C(=O)Cn1cc(Br)ccc1=O. The summed E-state index contributed by atoms with van der Waals surface area (Å²) < 4.78 is 2.20. The van der Waals surface area contributed by atoms with Crippen molar-refractivity contribution in [2.45, 2.75) is 26.3 Å². The highest BCUT2D eigenvalue weighted by Gasteiger charge is 2.09. The highest BCUT2D eigenvalue weighted by atomic mass is 79.9. The van der Waals surface area contributed by atoms with Gasteiger partial charge in [0, 0.05) is 30.3 Å². The molecule has 1 heterocycles. The van der Waals surface area contributed by atoms with Crippen molar-refractivity contribution >= 4 is 21.8 Å². The molecule has 0 atom stereocenters. The zero-order valence-electron chi connectivity index (χ0n) is 10.1. The zero-order chi connectivity index (χ0) is 12.8. The number of halogens is 1. The standard InChI is InChI=1S/C12H17BrN2O2/c1-3-4-7-14(2)12(17)9-15-8-10(13)5-6-11(15)16/h5-6,8H,3-4,7,9H2,1-2H3. The molecular formula is C12H17BrN2O2. The third kappa shape index (κ3) is 4.34. The number of nitrogens with zero attached hydrogens (tertiary/aromatic N) is 2. The van der Waals surface area contributed by atoms with E-state index in [0.717, 1.165) is 23.9 Å². The van der Waals surface area contributed by atoms with Gasteiger partial charge in [0.05, 0.1) is 0 Å². The molecule has 1 amide bonds. The Bertz CT molecular complexity index is 442. The number of carbonyl (C=O) groups is 1. The highest BCUT2D eigenvalue weighted by molar-refractivity contribution is 9.10. The van der Waals surface area contributed by atoms with Crippen LogP contribution < -0.4 is 5.56 Å². The number of unbranched alkanes of at least 4 members (excludes halogenated alkanes) is 1. The average molecular weight is 301 g/mol. The van der Waals surface area contributed by atoms with Gasteiger partial charge < -0.3 is 9.47 Å². The fourth-order valence-electron chi connectivity index (χ4n) is 1.41. The molecule has 0 radical (unpaired) electrons. The first-order chi connectivity index (χ1) is 8.04. The van der Waals surface area contributed by atoms with E-state index in [1.165, 1.54) is 10.6 Å². The molecule has 1 aromatic heterocycles. The monoisotopic (exact) mass is 300 g/mol. The minimum absolute atomic E-state index is 0.0429. The zero-order valence-corrected chi connectivity index (χ0v) is 11.7. The molecule has 0 unspecified atom stereocenters. The average Bonchev–Trinajstić information content (AvgIpc) is 2.30. The minimum atomic E-state index is -0.162. The smallest absolute Gasteiger partial charge is 0.251 e. The van der Waals surface area contributed by atoms with Gasteiger partial charge in [-0.15, -0.1) is 0 Å². The van der Waals surface area contributed by atoms with E-state index in [4.69, 9.17) is 0 Å². The second kappa shape index (κ2) is 6.59. The summed E-state index contributed by atoms with van der Waals surface area (Å²) in [5.74, 6) is -0.0429. The highest BCUT2D eigenvalue weighted by Crippen LogP contribution is 2.05. The Kier molecular flexibility index (Phi) is 5.41. The van der Waals surface area contributed by atoms with Crippen molar-refractivity contribution in [1.29, 1.82) is 0 Å². The number of pyridine rings is 1. The van der Waals surface area contributed by atoms with E-state index in [9.17, 15) is 9.59 Å². The van der Waals surface area contributed by atoms with Crippen molar-refractivity contribution < 1.29 is 4.79 Å². The Labute approximate surface area is 109 Å². The molecule has 0 spiro atoms. The number of hydrogen-bond donors (Lipinski definition) is 0. The first-order valence-corrected chi connectivity index (χ1v) is 6.44. The Morgan fingerprint density at radius 2 is 2.18 bits per heavy atom. The van der Waals surface area contributed by atoms with E-state index in [1.54, 1.807) is 24.2 Å². The van der Waals surface area contributed by atoms with Crippen molar-refractivity contribution in [2.75, 3.05) is 13.6 Å². The van der Waals surface area contributed by atoms with E-state index in [0.29, 0.717) is 0 Å². The third-order valence-corrected chi connectivity index (χ3v) is 2.99. The van der Waals surface area contributed by atoms with Crippen molar-refractivity contribution in [3.63, 3.8) is 0 Å². The molecule has 5 heteroatoms. The summed E-state index contributed by atoms with van der Waals surface area (Å²) in [6.07, 6.45) is 3.66. The summed E-state index contributed by atoms with van der Waals surface area (Å²) in [6.45, 7) is 2.91. The molecule has 0 aliphatic heterocycles. The molecule has 0 saturated carbocycles. The maximum Gasteiger partial charge on any atom is 0.251 e. The van der Waals surface area contributed by atoms with Gasteiger partial charge in [-0.05, 0) is 28.4 Å². The van der Waals surface area contributed by atoms with Crippen molar-refractivity contribution in [3.8, 4) is 0 Å². The molecule has 94 valence electrons. The van der Waals surface area contributed by atoms with E-state index < -0.39 is 0 Å². The summed E-state index contributed by atoms with van der Waals surface area (Å²) in [7, 11) is 1.76.